The van der Waals surface area contributed by atoms with E-state index in [2.05, 4.69) is 6.58 Å². The second kappa shape index (κ2) is 12.6. The summed E-state index contributed by atoms with van der Waals surface area (Å²) in [6.45, 7) is 6.30. The van der Waals surface area contributed by atoms with Crippen LogP contribution in [0.3, 0.4) is 0 Å². The Morgan fingerprint density at radius 2 is 1.75 bits per heavy atom. The molecule has 1 aromatic heterocycles. The molecule has 2 aromatic carbocycles. The summed E-state index contributed by atoms with van der Waals surface area (Å²) in [6.07, 6.45) is 4.40. The van der Waals surface area contributed by atoms with Crippen molar-refractivity contribution in [3.8, 4) is 0 Å². The number of nitrogens with zero attached hydrogens (tertiary/aromatic N) is 3. The van der Waals surface area contributed by atoms with Crippen molar-refractivity contribution in [1.29, 1.82) is 0 Å². The van der Waals surface area contributed by atoms with Gasteiger partial charge in [-0.2, -0.15) is 0 Å². The van der Waals surface area contributed by atoms with Crippen molar-refractivity contribution in [2.75, 3.05) is 13.1 Å². The van der Waals surface area contributed by atoms with Gasteiger partial charge in [0, 0.05) is 36.2 Å². The Hall–Kier alpha value is -4.11. The van der Waals surface area contributed by atoms with Crippen molar-refractivity contribution >= 4 is 34.9 Å². The number of benzene rings is 2. The van der Waals surface area contributed by atoms with Gasteiger partial charge in [0.2, 0.25) is 11.8 Å². The summed E-state index contributed by atoms with van der Waals surface area (Å²) in [4.78, 5) is 40.6. The summed E-state index contributed by atoms with van der Waals surface area (Å²) in [6, 6.07) is 13.8. The van der Waals surface area contributed by atoms with Gasteiger partial charge in [0.25, 0.3) is 5.69 Å². The number of hydrogen-bond donors (Lipinski definition) is 0. The molecule has 0 bridgehead atoms. The molecule has 3 aromatic rings. The first-order chi connectivity index (χ1) is 17.3. The fourth-order valence-corrected chi connectivity index (χ4v) is 4.33. The van der Waals surface area contributed by atoms with Gasteiger partial charge in [-0.15, -0.1) is 17.9 Å². The van der Waals surface area contributed by atoms with Crippen molar-refractivity contribution in [2.24, 2.45) is 0 Å². The summed E-state index contributed by atoms with van der Waals surface area (Å²) in [7, 11) is 0. The Balaban J connectivity index is 1.75. The average molecular weight is 508 g/mol. The van der Waals surface area contributed by atoms with E-state index in [1.54, 1.807) is 46.6 Å². The number of carbonyl (C=O) groups excluding carboxylic acids is 2. The lowest BCUT2D eigenvalue weighted by atomic mass is 10.2. The number of rotatable bonds is 11. The number of nitro benzene ring substituents is 1. The zero-order valence-corrected chi connectivity index (χ0v) is 20.6. The molecule has 0 unspecified atom stereocenters. The van der Waals surface area contributed by atoms with Gasteiger partial charge < -0.3 is 9.80 Å². The number of thiophene rings is 1. The molecule has 186 valence electrons. The molecule has 0 atom stereocenters. The summed E-state index contributed by atoms with van der Waals surface area (Å²) < 4.78 is 13.4. The zero-order valence-electron chi connectivity index (χ0n) is 19.8. The van der Waals surface area contributed by atoms with Gasteiger partial charge in [0.1, 0.15) is 12.4 Å². The highest BCUT2D eigenvalue weighted by Gasteiger charge is 2.21. The first-order valence-electron chi connectivity index (χ1n) is 11.1. The number of non-ortho nitro benzene ring substituents is 1. The highest BCUT2D eigenvalue weighted by molar-refractivity contribution is 7.10. The van der Waals surface area contributed by atoms with E-state index < -0.39 is 10.8 Å². The van der Waals surface area contributed by atoms with Crippen LogP contribution in [-0.2, 0) is 22.7 Å². The molecule has 0 N–H and O–H groups in total. The smallest absolute Gasteiger partial charge is 0.269 e. The minimum absolute atomic E-state index is 0.0421. The minimum Gasteiger partial charge on any atom is -0.332 e. The number of nitro groups is 1. The molecular formula is C27H26FN3O4S. The van der Waals surface area contributed by atoms with Gasteiger partial charge in [0.05, 0.1) is 11.5 Å². The first-order valence-corrected chi connectivity index (χ1v) is 12.0. The van der Waals surface area contributed by atoms with Crippen LogP contribution < -0.4 is 0 Å². The largest absolute Gasteiger partial charge is 0.332 e. The number of aryl methyl sites for hydroxylation is 1. The third-order valence-corrected chi connectivity index (χ3v) is 6.46. The highest BCUT2D eigenvalue weighted by Crippen LogP contribution is 2.20. The number of amides is 2. The van der Waals surface area contributed by atoms with Crippen LogP contribution in [0.25, 0.3) is 6.08 Å². The van der Waals surface area contributed by atoms with Gasteiger partial charge in [-0.1, -0.05) is 18.2 Å². The van der Waals surface area contributed by atoms with E-state index in [1.165, 1.54) is 41.3 Å². The first kappa shape index (κ1) is 26.5. The molecule has 0 saturated carbocycles. The Morgan fingerprint density at radius 3 is 2.33 bits per heavy atom. The number of halogens is 1. The Morgan fingerprint density at radius 1 is 1.06 bits per heavy atom. The van der Waals surface area contributed by atoms with E-state index in [-0.39, 0.29) is 37.0 Å². The van der Waals surface area contributed by atoms with Gasteiger partial charge in [-0.05, 0) is 65.4 Å². The molecule has 7 nitrogen and oxygen atoms in total. The predicted molar refractivity (Wildman–Crippen MR) is 139 cm³/mol. The SMILES string of the molecule is C=CCN(CC(=O)N(Cc1ccc(F)cc1)Cc1sccc1C)C(=O)C=Cc1ccc([N+](=O)[O-])cc1. The molecule has 36 heavy (non-hydrogen) atoms. The molecular weight excluding hydrogens is 481 g/mol. The van der Waals surface area contributed by atoms with E-state index in [0.29, 0.717) is 12.1 Å². The van der Waals surface area contributed by atoms with Crippen LogP contribution in [0.5, 0.6) is 0 Å². The maximum Gasteiger partial charge on any atom is 0.269 e. The molecule has 0 aliphatic carbocycles. The fourth-order valence-electron chi connectivity index (χ4n) is 3.41. The van der Waals surface area contributed by atoms with Crippen LogP contribution in [0.4, 0.5) is 10.1 Å². The van der Waals surface area contributed by atoms with Crippen molar-refractivity contribution in [3.05, 3.63) is 116 Å². The van der Waals surface area contributed by atoms with Crippen LogP contribution in [0.15, 0.2) is 78.7 Å². The highest BCUT2D eigenvalue weighted by atomic mass is 32.1. The van der Waals surface area contributed by atoms with Gasteiger partial charge in [0.15, 0.2) is 0 Å². The summed E-state index contributed by atoms with van der Waals surface area (Å²) >= 11 is 1.55. The van der Waals surface area contributed by atoms with E-state index in [4.69, 9.17) is 0 Å². The molecule has 0 spiro atoms. The van der Waals surface area contributed by atoms with Crippen molar-refractivity contribution in [1.82, 2.24) is 9.80 Å². The molecule has 0 fully saturated rings. The third kappa shape index (κ3) is 7.44. The van der Waals surface area contributed by atoms with Crippen LogP contribution in [0, 0.1) is 22.9 Å². The lowest BCUT2D eigenvalue weighted by molar-refractivity contribution is -0.384. The summed E-state index contributed by atoms with van der Waals surface area (Å²) in [5, 5.41) is 12.8. The van der Waals surface area contributed by atoms with E-state index in [1.807, 2.05) is 18.4 Å². The van der Waals surface area contributed by atoms with Crippen LogP contribution in [0.2, 0.25) is 0 Å². The maximum absolute atomic E-state index is 13.4. The van der Waals surface area contributed by atoms with Gasteiger partial charge in [-0.3, -0.25) is 19.7 Å². The fraction of sp³-hybridized carbons (Fsp3) is 0.185. The molecule has 1 heterocycles. The average Bonchev–Trinajstić information content (AvgIpc) is 3.27. The topological polar surface area (TPSA) is 83.8 Å². The van der Waals surface area contributed by atoms with Gasteiger partial charge >= 0.3 is 0 Å². The lowest BCUT2D eigenvalue weighted by Gasteiger charge is -2.27. The molecule has 0 radical (unpaired) electrons. The Kier molecular flexibility index (Phi) is 9.24. The van der Waals surface area contributed by atoms with Crippen molar-refractivity contribution in [2.45, 2.75) is 20.0 Å². The number of carbonyl (C=O) groups is 2. The zero-order chi connectivity index (χ0) is 26.1. The summed E-state index contributed by atoms with van der Waals surface area (Å²) in [5.41, 5.74) is 2.42. The van der Waals surface area contributed by atoms with Crippen molar-refractivity contribution < 1.29 is 18.9 Å². The lowest BCUT2D eigenvalue weighted by Crippen LogP contribution is -2.42. The minimum atomic E-state index is -0.495. The van der Waals surface area contributed by atoms with Crippen LogP contribution in [0.1, 0.15) is 21.6 Å². The molecule has 3 rings (SSSR count). The molecule has 2 amide bonds. The van der Waals surface area contributed by atoms with E-state index >= 15 is 0 Å². The van der Waals surface area contributed by atoms with E-state index in [0.717, 1.165) is 16.0 Å². The molecule has 0 aliphatic rings. The second-order valence-electron chi connectivity index (χ2n) is 8.09. The second-order valence-corrected chi connectivity index (χ2v) is 9.09. The van der Waals surface area contributed by atoms with Crippen molar-refractivity contribution in [3.63, 3.8) is 0 Å². The monoisotopic (exact) mass is 507 g/mol. The van der Waals surface area contributed by atoms with E-state index in [9.17, 15) is 24.1 Å². The van der Waals surface area contributed by atoms with Crippen LogP contribution in [-0.4, -0.2) is 39.6 Å². The van der Waals surface area contributed by atoms with Crippen LogP contribution >= 0.6 is 11.3 Å². The Labute approximate surface area is 212 Å². The Bertz CT molecular complexity index is 1250. The number of hydrogen-bond acceptors (Lipinski definition) is 5. The molecule has 0 saturated heterocycles. The normalized spacial score (nSPS) is 10.8. The summed E-state index contributed by atoms with van der Waals surface area (Å²) in [5.74, 6) is -1.00. The molecule has 0 aliphatic heterocycles. The third-order valence-electron chi connectivity index (χ3n) is 5.45. The predicted octanol–water partition coefficient (Wildman–Crippen LogP) is 5.36. The van der Waals surface area contributed by atoms with Gasteiger partial charge in [-0.25, -0.2) is 4.39 Å². The maximum atomic E-state index is 13.4. The molecule has 9 heteroatoms. The quantitative estimate of drug-likeness (QED) is 0.151. The standard InChI is InChI=1S/C27H26FN3O4S/c1-3-15-29(26(32)13-8-21-6-11-24(12-7-21)31(34)35)19-27(33)30(18-25-20(2)14-16-36-25)17-22-4-9-23(28)10-5-22/h3-14,16H,1,15,17-19H2,2H3.